The Hall–Kier alpha value is -2.44. The molecule has 0 radical (unpaired) electrons. The van der Waals surface area contributed by atoms with Crippen molar-refractivity contribution < 1.29 is 9.53 Å². The first-order chi connectivity index (χ1) is 13.1. The van der Waals surface area contributed by atoms with Gasteiger partial charge in [0.25, 0.3) is 0 Å². The molecule has 3 aromatic carbocycles. The summed E-state index contributed by atoms with van der Waals surface area (Å²) in [6, 6.07) is 32.3. The minimum atomic E-state index is -1.84. The normalized spacial score (nSPS) is 12.4. The summed E-state index contributed by atoms with van der Waals surface area (Å²) in [4.78, 5) is 11.4. The molecule has 0 aliphatic carbocycles. The van der Waals surface area contributed by atoms with Crippen molar-refractivity contribution in [3.05, 3.63) is 91.0 Å². The molecule has 0 aliphatic heterocycles. The van der Waals surface area contributed by atoms with E-state index in [4.69, 9.17) is 4.74 Å². The Balaban J connectivity index is 2.12. The Bertz CT molecular complexity index is 751. The van der Waals surface area contributed by atoms with E-state index in [-0.39, 0.29) is 12.1 Å². The van der Waals surface area contributed by atoms with E-state index < -0.39 is 7.26 Å². The van der Waals surface area contributed by atoms with Crippen molar-refractivity contribution in [2.45, 2.75) is 26.4 Å². The van der Waals surface area contributed by atoms with E-state index in [2.05, 4.69) is 91.0 Å². The second-order valence-corrected chi connectivity index (χ2v) is 10.4. The molecule has 0 saturated heterocycles. The number of carbonyl (C=O) groups is 1. The Morgan fingerprint density at radius 2 is 1.15 bits per heavy atom. The van der Waals surface area contributed by atoms with Gasteiger partial charge in [-0.15, -0.1) is 0 Å². The molecule has 3 aromatic rings. The zero-order chi connectivity index (χ0) is 19.1. The smallest absolute Gasteiger partial charge is 0.302 e. The molecule has 0 unspecified atom stereocenters. The highest BCUT2D eigenvalue weighted by Gasteiger charge is 2.45. The third kappa shape index (κ3) is 4.46. The molecule has 1 atom stereocenters. The van der Waals surface area contributed by atoms with Gasteiger partial charge in [0.1, 0.15) is 29.3 Å². The molecule has 0 bridgehead atoms. The van der Waals surface area contributed by atoms with Crippen LogP contribution in [0.3, 0.4) is 0 Å². The van der Waals surface area contributed by atoms with E-state index in [0.717, 1.165) is 12.6 Å². The van der Waals surface area contributed by atoms with E-state index in [1.54, 1.807) is 0 Å². The van der Waals surface area contributed by atoms with E-state index in [1.807, 2.05) is 6.92 Å². The average Bonchev–Trinajstić information content (AvgIpc) is 2.70. The van der Waals surface area contributed by atoms with Crippen LogP contribution in [-0.4, -0.2) is 18.2 Å². The van der Waals surface area contributed by atoms with Crippen LogP contribution in [0.4, 0.5) is 0 Å². The van der Waals surface area contributed by atoms with Gasteiger partial charge in [-0.25, -0.2) is 0 Å². The summed E-state index contributed by atoms with van der Waals surface area (Å²) in [7, 11) is -1.84. The quantitative estimate of drug-likeness (QED) is 0.453. The highest BCUT2D eigenvalue weighted by Crippen LogP contribution is 2.55. The maximum atomic E-state index is 11.4. The Labute approximate surface area is 162 Å². The molecule has 3 rings (SSSR count). The van der Waals surface area contributed by atoms with Crippen LogP contribution in [0.1, 0.15) is 20.3 Å². The van der Waals surface area contributed by atoms with E-state index in [1.165, 1.54) is 22.8 Å². The fourth-order valence-corrected chi connectivity index (χ4v) is 8.06. The lowest BCUT2D eigenvalue weighted by atomic mass is 10.3. The first-order valence-electron chi connectivity index (χ1n) is 9.35. The molecule has 2 nitrogen and oxygen atoms in total. The molecule has 27 heavy (non-hydrogen) atoms. The van der Waals surface area contributed by atoms with Crippen molar-refractivity contribution in [1.29, 1.82) is 0 Å². The summed E-state index contributed by atoms with van der Waals surface area (Å²) in [5.41, 5.74) is 0. The van der Waals surface area contributed by atoms with Crippen molar-refractivity contribution in [2.24, 2.45) is 0 Å². The average molecular weight is 377 g/mol. The summed E-state index contributed by atoms with van der Waals surface area (Å²) >= 11 is 0. The maximum absolute atomic E-state index is 11.4. The van der Waals surface area contributed by atoms with Crippen molar-refractivity contribution in [3.8, 4) is 0 Å². The molecule has 0 aromatic heterocycles. The second kappa shape index (κ2) is 8.97. The number of ether oxygens (including phenoxy) is 1. The van der Waals surface area contributed by atoms with Crippen LogP contribution in [0, 0.1) is 0 Å². The van der Waals surface area contributed by atoms with Crippen molar-refractivity contribution in [3.63, 3.8) is 0 Å². The van der Waals surface area contributed by atoms with Crippen LogP contribution >= 0.6 is 7.26 Å². The number of rotatable bonds is 7. The van der Waals surface area contributed by atoms with Gasteiger partial charge in [0.05, 0.1) is 6.16 Å². The SMILES string of the molecule is CC(=O)O[C@@H](C)CC[P+](c1ccccc1)(c1ccccc1)c1ccccc1. The highest BCUT2D eigenvalue weighted by atomic mass is 31.2. The molecule has 0 aliphatic rings. The first-order valence-corrected chi connectivity index (χ1v) is 11.3. The largest absolute Gasteiger partial charge is 0.463 e. The zero-order valence-electron chi connectivity index (χ0n) is 15.9. The van der Waals surface area contributed by atoms with Gasteiger partial charge in [-0.05, 0) is 43.3 Å². The predicted molar refractivity (Wildman–Crippen MR) is 116 cm³/mol. The number of benzene rings is 3. The van der Waals surface area contributed by atoms with Crippen molar-refractivity contribution in [2.75, 3.05) is 6.16 Å². The molecule has 0 spiro atoms. The third-order valence-corrected chi connectivity index (χ3v) is 9.30. The van der Waals surface area contributed by atoms with Gasteiger partial charge in [-0.2, -0.15) is 0 Å². The topological polar surface area (TPSA) is 26.3 Å². The van der Waals surface area contributed by atoms with E-state index in [9.17, 15) is 4.79 Å². The molecule has 0 N–H and O–H groups in total. The Morgan fingerprint density at radius 1 is 0.778 bits per heavy atom. The van der Waals surface area contributed by atoms with Crippen LogP contribution in [0.5, 0.6) is 0 Å². The fourth-order valence-electron chi connectivity index (χ4n) is 3.60. The lowest BCUT2D eigenvalue weighted by Crippen LogP contribution is -2.34. The van der Waals surface area contributed by atoms with E-state index >= 15 is 0 Å². The van der Waals surface area contributed by atoms with Crippen molar-refractivity contribution in [1.82, 2.24) is 0 Å². The van der Waals surface area contributed by atoms with Gasteiger partial charge in [0.15, 0.2) is 0 Å². The monoisotopic (exact) mass is 377 g/mol. The standard InChI is InChI=1S/C24H26O2P/c1-20(26-21(2)25)18-19-27(22-12-6-3-7-13-22,23-14-8-4-9-15-23)24-16-10-5-11-17-24/h3-17,20H,18-19H2,1-2H3/q+1/t20-/m0/s1. The van der Waals surface area contributed by atoms with Gasteiger partial charge in [-0.1, -0.05) is 54.6 Å². The Morgan fingerprint density at radius 3 is 1.48 bits per heavy atom. The van der Waals surface area contributed by atoms with Crippen LogP contribution < -0.4 is 15.9 Å². The van der Waals surface area contributed by atoms with Gasteiger partial charge in [-0.3, -0.25) is 4.79 Å². The molecular weight excluding hydrogens is 351 g/mol. The molecule has 0 amide bonds. The third-order valence-electron chi connectivity index (χ3n) is 4.83. The molecule has 0 fully saturated rings. The summed E-state index contributed by atoms with van der Waals surface area (Å²) in [6.45, 7) is 3.46. The van der Waals surface area contributed by atoms with E-state index in [0.29, 0.717) is 0 Å². The lowest BCUT2D eigenvalue weighted by molar-refractivity contribution is -0.145. The van der Waals surface area contributed by atoms with Gasteiger partial charge in [0, 0.05) is 13.3 Å². The van der Waals surface area contributed by atoms with Crippen molar-refractivity contribution >= 4 is 29.1 Å². The second-order valence-electron chi connectivity index (χ2n) is 6.75. The minimum Gasteiger partial charge on any atom is -0.463 e. The molecule has 0 saturated carbocycles. The fraction of sp³-hybridized carbons (Fsp3) is 0.208. The van der Waals surface area contributed by atoms with Gasteiger partial charge < -0.3 is 4.74 Å². The number of hydrogen-bond donors (Lipinski definition) is 0. The molecular formula is C24H26O2P+. The van der Waals surface area contributed by atoms with Crippen LogP contribution in [-0.2, 0) is 9.53 Å². The van der Waals surface area contributed by atoms with Gasteiger partial charge in [0.2, 0.25) is 0 Å². The number of carbonyl (C=O) groups excluding carboxylic acids is 1. The van der Waals surface area contributed by atoms with Gasteiger partial charge >= 0.3 is 5.97 Å². The summed E-state index contributed by atoms with van der Waals surface area (Å²) in [5, 5.41) is 4.08. The molecule has 3 heteroatoms. The maximum Gasteiger partial charge on any atom is 0.302 e. The Kier molecular flexibility index (Phi) is 6.42. The summed E-state index contributed by atoms with van der Waals surface area (Å²) in [6.07, 6.45) is 1.68. The summed E-state index contributed by atoms with van der Waals surface area (Å²) < 4.78 is 5.43. The number of hydrogen-bond acceptors (Lipinski definition) is 2. The first kappa shape index (κ1) is 19.3. The molecule has 0 heterocycles. The van der Waals surface area contributed by atoms with Crippen LogP contribution in [0.15, 0.2) is 91.0 Å². The van der Waals surface area contributed by atoms with Crippen LogP contribution in [0.2, 0.25) is 0 Å². The molecule has 138 valence electrons. The predicted octanol–water partition coefficient (Wildman–Crippen LogP) is 4.32. The summed E-state index contributed by atoms with van der Waals surface area (Å²) in [5.74, 6) is -0.217. The van der Waals surface area contributed by atoms with Crippen LogP contribution in [0.25, 0.3) is 0 Å². The zero-order valence-corrected chi connectivity index (χ0v) is 16.8. The lowest BCUT2D eigenvalue weighted by Gasteiger charge is -2.28. The highest BCUT2D eigenvalue weighted by molar-refractivity contribution is 7.95. The number of esters is 1. The minimum absolute atomic E-state index is 0.0991.